The second-order valence-corrected chi connectivity index (χ2v) is 4.59. The number of amides is 1. The van der Waals surface area contributed by atoms with Gasteiger partial charge in [0.05, 0.1) is 6.20 Å². The minimum atomic E-state index is -4.56. The molecule has 1 rings (SSSR count). The van der Waals surface area contributed by atoms with E-state index in [0.717, 1.165) is 11.8 Å². The highest BCUT2D eigenvalue weighted by Gasteiger charge is 2.29. The number of nitriles is 1. The van der Waals surface area contributed by atoms with E-state index < -0.39 is 18.9 Å². The summed E-state index contributed by atoms with van der Waals surface area (Å²) < 4.78 is 39.2. The highest BCUT2D eigenvalue weighted by atomic mass is 32.2. The van der Waals surface area contributed by atoms with Crippen LogP contribution in [0.4, 0.5) is 23.8 Å². The molecule has 0 fully saturated rings. The van der Waals surface area contributed by atoms with Crippen LogP contribution in [0.1, 0.15) is 5.56 Å². The van der Waals surface area contributed by atoms with Gasteiger partial charge in [-0.25, -0.2) is 14.8 Å². The molecule has 1 heterocycles. The molecule has 0 aliphatic carbocycles. The summed E-state index contributed by atoms with van der Waals surface area (Å²) in [6, 6.07) is 1.81. The zero-order valence-electron chi connectivity index (χ0n) is 10.5. The Morgan fingerprint density at radius 3 is 2.86 bits per heavy atom. The number of aromatic nitrogens is 2. The number of nitrogens with zero attached hydrogens (tertiary/aromatic N) is 3. The smallest absolute Gasteiger partial charge is 0.422 e. The third-order valence-corrected chi connectivity index (χ3v) is 2.75. The summed E-state index contributed by atoms with van der Waals surface area (Å²) in [5.74, 6) is 0.333. The maximum Gasteiger partial charge on any atom is 0.422 e. The number of nitrogens with two attached hydrogens (primary N) is 1. The van der Waals surface area contributed by atoms with Gasteiger partial charge in [-0.1, -0.05) is 11.8 Å². The van der Waals surface area contributed by atoms with Crippen molar-refractivity contribution in [1.82, 2.24) is 15.3 Å². The average molecular weight is 321 g/mol. The van der Waals surface area contributed by atoms with Crippen molar-refractivity contribution in [2.75, 3.05) is 24.6 Å². The van der Waals surface area contributed by atoms with Crippen LogP contribution in [0.5, 0.6) is 0 Å². The molecule has 7 nitrogen and oxygen atoms in total. The zero-order valence-corrected chi connectivity index (χ0v) is 11.3. The third-order valence-electron chi connectivity index (χ3n) is 1.89. The summed E-state index contributed by atoms with van der Waals surface area (Å²) >= 11 is 1.12. The fraction of sp³-hybridized carbons (Fsp3) is 0.400. The Labute approximate surface area is 121 Å². The maximum absolute atomic E-state index is 11.8. The predicted molar refractivity (Wildman–Crippen MR) is 67.3 cm³/mol. The van der Waals surface area contributed by atoms with Gasteiger partial charge < -0.3 is 15.8 Å². The molecule has 0 saturated heterocycles. The number of carbonyl (C=O) groups excluding carboxylic acids is 1. The van der Waals surface area contributed by atoms with Crippen LogP contribution in [0.3, 0.4) is 0 Å². The van der Waals surface area contributed by atoms with Gasteiger partial charge in [-0.3, -0.25) is 0 Å². The lowest BCUT2D eigenvalue weighted by Gasteiger charge is -2.08. The van der Waals surface area contributed by atoms with Crippen LogP contribution in [0.25, 0.3) is 0 Å². The summed E-state index contributed by atoms with van der Waals surface area (Å²) in [6.45, 7) is -1.58. The van der Waals surface area contributed by atoms with Crippen LogP contribution in [0, 0.1) is 11.3 Å². The largest absolute Gasteiger partial charge is 0.440 e. The Balaban J connectivity index is 2.27. The number of halogens is 3. The Hall–Kier alpha value is -2.22. The number of hydrogen-bond acceptors (Lipinski definition) is 7. The van der Waals surface area contributed by atoms with Gasteiger partial charge in [0.1, 0.15) is 17.5 Å². The van der Waals surface area contributed by atoms with Crippen molar-refractivity contribution in [1.29, 1.82) is 5.26 Å². The first-order valence-corrected chi connectivity index (χ1v) is 6.43. The molecule has 0 bridgehead atoms. The summed E-state index contributed by atoms with van der Waals surface area (Å²) in [5.41, 5.74) is 5.63. The van der Waals surface area contributed by atoms with Crippen molar-refractivity contribution in [3.63, 3.8) is 0 Å². The number of nitrogens with one attached hydrogen (secondary N) is 1. The number of carbonyl (C=O) groups is 1. The lowest BCUT2D eigenvalue weighted by molar-refractivity contribution is -0.160. The van der Waals surface area contributed by atoms with Crippen molar-refractivity contribution >= 4 is 23.7 Å². The van der Waals surface area contributed by atoms with E-state index in [1.54, 1.807) is 6.07 Å². The van der Waals surface area contributed by atoms with E-state index >= 15 is 0 Å². The molecule has 0 unspecified atom stereocenters. The predicted octanol–water partition coefficient (Wildman–Crippen LogP) is 1.31. The highest BCUT2D eigenvalue weighted by molar-refractivity contribution is 7.99. The molecular formula is C10H10F3N5O2S. The standard InChI is InChI=1S/C10H10F3N5O2S/c11-10(12,13)5-20-9(19)16-1-2-21-8-17-4-6(3-14)7(15)18-8/h4H,1-2,5H2,(H,16,19)(H2,15,17,18). The van der Waals surface area contributed by atoms with Crippen LogP contribution < -0.4 is 11.1 Å². The summed E-state index contributed by atoms with van der Waals surface area (Å²) in [6.07, 6.45) is -4.46. The molecule has 0 aliphatic rings. The number of alkyl halides is 3. The minimum absolute atomic E-state index is 0.0348. The number of hydrogen-bond donors (Lipinski definition) is 2. The molecule has 11 heteroatoms. The molecule has 0 aliphatic heterocycles. The molecule has 3 N–H and O–H groups in total. The molecule has 1 amide bonds. The van der Waals surface area contributed by atoms with Crippen molar-refractivity contribution in [2.45, 2.75) is 11.3 Å². The fourth-order valence-electron chi connectivity index (χ4n) is 1.03. The van der Waals surface area contributed by atoms with E-state index in [4.69, 9.17) is 11.0 Å². The molecule has 1 aromatic rings. The molecule has 0 aromatic carbocycles. The monoisotopic (exact) mass is 321 g/mol. The van der Waals surface area contributed by atoms with Gasteiger partial charge in [-0.2, -0.15) is 18.4 Å². The van der Waals surface area contributed by atoms with E-state index in [2.05, 4.69) is 20.0 Å². The van der Waals surface area contributed by atoms with Gasteiger partial charge in [-0.05, 0) is 0 Å². The van der Waals surface area contributed by atoms with E-state index in [0.29, 0.717) is 5.75 Å². The number of rotatable bonds is 5. The Kier molecular flexibility index (Phi) is 6.04. The molecular weight excluding hydrogens is 311 g/mol. The molecule has 1 aromatic heterocycles. The second-order valence-electron chi connectivity index (χ2n) is 3.53. The molecule has 0 radical (unpaired) electrons. The number of thioether (sulfide) groups is 1. The number of alkyl carbamates (subject to hydrolysis) is 1. The summed E-state index contributed by atoms with van der Waals surface area (Å²) in [5, 5.41) is 11.1. The van der Waals surface area contributed by atoms with E-state index in [9.17, 15) is 18.0 Å². The first kappa shape index (κ1) is 16.8. The van der Waals surface area contributed by atoms with Gasteiger partial charge in [-0.15, -0.1) is 0 Å². The SMILES string of the molecule is N#Cc1cnc(SCCNC(=O)OCC(F)(F)F)nc1N. The van der Waals surface area contributed by atoms with Crippen LogP contribution in [-0.2, 0) is 4.74 Å². The normalized spacial score (nSPS) is 10.8. The fourth-order valence-corrected chi connectivity index (χ4v) is 1.70. The van der Waals surface area contributed by atoms with E-state index in [1.165, 1.54) is 6.20 Å². The molecule has 0 saturated carbocycles. The van der Waals surface area contributed by atoms with Gasteiger partial charge in [0.15, 0.2) is 11.8 Å². The van der Waals surface area contributed by atoms with Gasteiger partial charge in [0.2, 0.25) is 0 Å². The van der Waals surface area contributed by atoms with E-state index in [1.807, 2.05) is 0 Å². The van der Waals surface area contributed by atoms with Crippen LogP contribution >= 0.6 is 11.8 Å². The molecule has 0 atom stereocenters. The van der Waals surface area contributed by atoms with Crippen LogP contribution in [0.2, 0.25) is 0 Å². The van der Waals surface area contributed by atoms with Crippen molar-refractivity contribution in [3.05, 3.63) is 11.8 Å². The van der Waals surface area contributed by atoms with Crippen molar-refractivity contribution in [2.24, 2.45) is 0 Å². The lowest BCUT2D eigenvalue weighted by atomic mass is 10.3. The topological polar surface area (TPSA) is 114 Å². The Morgan fingerprint density at radius 1 is 1.57 bits per heavy atom. The molecule has 0 spiro atoms. The quantitative estimate of drug-likeness (QED) is 0.477. The number of nitrogen functional groups attached to an aromatic ring is 1. The first-order valence-electron chi connectivity index (χ1n) is 5.44. The summed E-state index contributed by atoms with van der Waals surface area (Å²) in [4.78, 5) is 18.6. The van der Waals surface area contributed by atoms with Crippen molar-refractivity contribution < 1.29 is 22.7 Å². The van der Waals surface area contributed by atoms with Gasteiger partial charge in [0, 0.05) is 12.3 Å². The Bertz CT molecular complexity index is 546. The molecule has 21 heavy (non-hydrogen) atoms. The average Bonchev–Trinajstić information content (AvgIpc) is 2.41. The lowest BCUT2D eigenvalue weighted by Crippen LogP contribution is -2.30. The van der Waals surface area contributed by atoms with Crippen LogP contribution in [0.15, 0.2) is 11.4 Å². The summed E-state index contributed by atoms with van der Waals surface area (Å²) in [7, 11) is 0. The number of ether oxygens (including phenoxy) is 1. The van der Waals surface area contributed by atoms with Crippen LogP contribution in [-0.4, -0.2) is 41.1 Å². The number of anilines is 1. The first-order chi connectivity index (χ1) is 9.81. The van der Waals surface area contributed by atoms with Gasteiger partial charge >= 0.3 is 12.3 Å². The highest BCUT2D eigenvalue weighted by Crippen LogP contribution is 2.15. The second kappa shape index (κ2) is 7.53. The van der Waals surface area contributed by atoms with Gasteiger partial charge in [0.25, 0.3) is 0 Å². The van der Waals surface area contributed by atoms with E-state index in [-0.39, 0.29) is 23.1 Å². The molecule has 114 valence electrons. The Morgan fingerprint density at radius 2 is 2.29 bits per heavy atom. The zero-order chi connectivity index (χ0) is 15.9. The maximum atomic E-state index is 11.8. The third kappa shape index (κ3) is 6.66. The van der Waals surface area contributed by atoms with Crippen molar-refractivity contribution in [3.8, 4) is 6.07 Å². The minimum Gasteiger partial charge on any atom is -0.440 e.